The van der Waals surface area contributed by atoms with E-state index in [0.29, 0.717) is 6.42 Å². The zero-order chi connectivity index (χ0) is 26.3. The van der Waals surface area contributed by atoms with Crippen molar-refractivity contribution in [1.29, 1.82) is 0 Å². The molecule has 1 aromatic carbocycles. The molecule has 0 spiro atoms. The van der Waals surface area contributed by atoms with Crippen molar-refractivity contribution >= 4 is 22.7 Å². The molecule has 2 aliphatic rings. The van der Waals surface area contributed by atoms with Gasteiger partial charge in [-0.05, 0) is 43.4 Å². The Balaban J connectivity index is 1.62. The Morgan fingerprint density at radius 1 is 1.08 bits per heavy atom. The Labute approximate surface area is 213 Å². The monoisotopic (exact) mass is 497 g/mol. The maximum absolute atomic E-state index is 13.3. The zero-order valence-corrected chi connectivity index (χ0v) is 21.9. The minimum Gasteiger partial charge on any atom is -0.457 e. The van der Waals surface area contributed by atoms with Crippen molar-refractivity contribution in [3.05, 3.63) is 42.1 Å². The molecule has 1 aromatic heterocycles. The Morgan fingerprint density at radius 2 is 1.83 bits per heavy atom. The van der Waals surface area contributed by atoms with Crippen LogP contribution >= 0.6 is 0 Å². The molecule has 7 unspecified atom stereocenters. The fraction of sp³-hybridized carbons (Fsp3) is 0.621. The second kappa shape index (κ2) is 10.2. The third kappa shape index (κ3) is 5.48. The molecule has 36 heavy (non-hydrogen) atoms. The first-order chi connectivity index (χ1) is 16.9. The molecule has 3 heterocycles. The minimum absolute atomic E-state index is 0.0651. The molecular formula is C29H39NO6. The fourth-order valence-corrected chi connectivity index (χ4v) is 5.50. The molecule has 2 aromatic rings. The number of benzene rings is 1. The van der Waals surface area contributed by atoms with E-state index in [9.17, 15) is 19.8 Å². The molecule has 0 saturated carbocycles. The van der Waals surface area contributed by atoms with Gasteiger partial charge < -0.3 is 19.7 Å². The van der Waals surface area contributed by atoms with Crippen molar-refractivity contribution in [2.75, 3.05) is 0 Å². The van der Waals surface area contributed by atoms with Crippen LogP contribution in [0.2, 0.25) is 0 Å². The number of ketones is 1. The summed E-state index contributed by atoms with van der Waals surface area (Å²) in [5, 5.41) is 22.8. The highest BCUT2D eigenvalue weighted by atomic mass is 16.6. The zero-order valence-electron chi connectivity index (χ0n) is 21.9. The van der Waals surface area contributed by atoms with Crippen LogP contribution in [0.25, 0.3) is 10.9 Å². The molecule has 0 bridgehead atoms. The van der Waals surface area contributed by atoms with Crippen LogP contribution in [-0.4, -0.2) is 50.9 Å². The van der Waals surface area contributed by atoms with Gasteiger partial charge in [0.05, 0.1) is 41.3 Å². The minimum atomic E-state index is -1.24. The SMILES string of the molecule is CC1CCCC2(C)OC2CC(c2ccc3cccnc3c2)OC(=O)CC(O)C(C)(C)C(=O)C(C)C1O. The molecule has 4 rings (SSSR count). The van der Waals surface area contributed by atoms with Gasteiger partial charge in [-0.25, -0.2) is 0 Å². The van der Waals surface area contributed by atoms with E-state index in [0.717, 1.165) is 35.7 Å². The number of hydrogen-bond acceptors (Lipinski definition) is 7. The van der Waals surface area contributed by atoms with E-state index in [1.807, 2.05) is 37.3 Å². The van der Waals surface area contributed by atoms with E-state index in [4.69, 9.17) is 9.47 Å². The van der Waals surface area contributed by atoms with Crippen molar-refractivity contribution in [1.82, 2.24) is 4.98 Å². The summed E-state index contributed by atoms with van der Waals surface area (Å²) in [6.45, 7) is 8.97. The predicted octanol–water partition coefficient (Wildman–Crippen LogP) is 4.53. The summed E-state index contributed by atoms with van der Waals surface area (Å²) >= 11 is 0. The van der Waals surface area contributed by atoms with E-state index >= 15 is 0 Å². The first kappa shape index (κ1) is 26.7. The van der Waals surface area contributed by atoms with Gasteiger partial charge in [0.25, 0.3) is 0 Å². The van der Waals surface area contributed by atoms with Gasteiger partial charge in [0.15, 0.2) is 0 Å². The van der Waals surface area contributed by atoms with E-state index in [-0.39, 0.29) is 29.8 Å². The topological polar surface area (TPSA) is 109 Å². The van der Waals surface area contributed by atoms with Crippen molar-refractivity contribution < 1.29 is 29.3 Å². The molecule has 196 valence electrons. The molecule has 7 atom stereocenters. The van der Waals surface area contributed by atoms with E-state index in [2.05, 4.69) is 11.9 Å². The molecular weight excluding hydrogens is 458 g/mol. The summed E-state index contributed by atoms with van der Waals surface area (Å²) in [4.78, 5) is 30.7. The number of epoxide rings is 1. The van der Waals surface area contributed by atoms with Gasteiger partial charge in [-0.3, -0.25) is 14.6 Å². The molecule has 0 radical (unpaired) electrons. The van der Waals surface area contributed by atoms with Crippen LogP contribution in [0, 0.1) is 17.3 Å². The number of rotatable bonds is 1. The Hall–Kier alpha value is -2.35. The Kier molecular flexibility index (Phi) is 7.56. The van der Waals surface area contributed by atoms with E-state index < -0.39 is 35.6 Å². The molecule has 2 saturated heterocycles. The lowest BCUT2D eigenvalue weighted by Gasteiger charge is -2.34. The van der Waals surface area contributed by atoms with Crippen LogP contribution in [0.5, 0.6) is 0 Å². The van der Waals surface area contributed by atoms with Crippen LogP contribution in [0.4, 0.5) is 0 Å². The van der Waals surface area contributed by atoms with Crippen molar-refractivity contribution in [3.63, 3.8) is 0 Å². The van der Waals surface area contributed by atoms with E-state index in [1.54, 1.807) is 27.0 Å². The fourth-order valence-electron chi connectivity index (χ4n) is 5.50. The summed E-state index contributed by atoms with van der Waals surface area (Å²) in [5.41, 5.74) is 0.107. The summed E-state index contributed by atoms with van der Waals surface area (Å²) in [6, 6.07) is 9.69. The molecule has 0 aliphatic carbocycles. The number of aliphatic hydroxyl groups is 2. The number of aromatic nitrogens is 1. The average molecular weight is 498 g/mol. The first-order valence-electron chi connectivity index (χ1n) is 13.0. The summed E-state index contributed by atoms with van der Waals surface area (Å²) in [5.74, 6) is -1.57. The lowest BCUT2D eigenvalue weighted by molar-refractivity contribution is -0.156. The number of esters is 1. The lowest BCUT2D eigenvalue weighted by Crippen LogP contribution is -2.45. The molecule has 2 fully saturated rings. The number of aliphatic hydroxyl groups excluding tert-OH is 2. The number of fused-ring (bicyclic) bond motifs is 2. The van der Waals surface area contributed by atoms with Crippen LogP contribution in [-0.2, 0) is 19.1 Å². The van der Waals surface area contributed by atoms with Crippen LogP contribution in [0.15, 0.2) is 36.5 Å². The second-order valence-corrected chi connectivity index (χ2v) is 11.5. The number of Topliss-reactive ketones (excluding diaryl/α,β-unsaturated/α-hetero) is 1. The van der Waals surface area contributed by atoms with Gasteiger partial charge >= 0.3 is 5.97 Å². The third-order valence-corrected chi connectivity index (χ3v) is 8.41. The van der Waals surface area contributed by atoms with Gasteiger partial charge in [0.1, 0.15) is 11.9 Å². The highest BCUT2D eigenvalue weighted by Gasteiger charge is 2.53. The van der Waals surface area contributed by atoms with Gasteiger partial charge in [-0.2, -0.15) is 0 Å². The van der Waals surface area contributed by atoms with Crippen LogP contribution < -0.4 is 0 Å². The number of carbonyl (C=O) groups excluding carboxylic acids is 2. The third-order valence-electron chi connectivity index (χ3n) is 8.41. The number of hydrogen-bond donors (Lipinski definition) is 2. The Bertz CT molecular complexity index is 1120. The average Bonchev–Trinajstić information content (AvgIpc) is 3.49. The molecule has 0 amide bonds. The van der Waals surface area contributed by atoms with Gasteiger partial charge in [-0.1, -0.05) is 52.3 Å². The molecule has 2 aliphatic heterocycles. The number of carbonyl (C=O) groups is 2. The number of cyclic esters (lactones) is 1. The van der Waals surface area contributed by atoms with Crippen molar-refractivity contribution in [2.24, 2.45) is 17.3 Å². The normalized spacial score (nSPS) is 36.2. The standard InChI is InChI=1S/C29H39NO6/c1-17-8-6-12-29(5)24(36-29)15-22(20-11-10-19-9-7-13-30-21(19)14-20)35-25(32)16-23(31)28(3,4)27(34)18(2)26(17)33/h7,9-11,13-14,17-18,22-24,26,31,33H,6,8,12,15-16H2,1-5H3. The van der Waals surface area contributed by atoms with E-state index in [1.165, 1.54) is 0 Å². The van der Waals surface area contributed by atoms with Crippen molar-refractivity contribution in [2.45, 2.75) is 96.7 Å². The maximum Gasteiger partial charge on any atom is 0.309 e. The molecule has 2 N–H and O–H groups in total. The molecule has 7 heteroatoms. The number of ether oxygens (including phenoxy) is 2. The van der Waals surface area contributed by atoms with Gasteiger partial charge in [0.2, 0.25) is 0 Å². The quantitative estimate of drug-likeness (QED) is 0.440. The van der Waals surface area contributed by atoms with Crippen molar-refractivity contribution in [3.8, 4) is 0 Å². The highest BCUT2D eigenvalue weighted by Crippen LogP contribution is 2.46. The maximum atomic E-state index is 13.3. The first-order valence-corrected chi connectivity index (χ1v) is 13.0. The van der Waals surface area contributed by atoms with Gasteiger partial charge in [-0.15, -0.1) is 0 Å². The number of pyridine rings is 1. The number of nitrogens with zero attached hydrogens (tertiary/aromatic N) is 1. The summed E-state index contributed by atoms with van der Waals surface area (Å²) in [7, 11) is 0. The van der Waals surface area contributed by atoms with Gasteiger partial charge in [0, 0.05) is 23.9 Å². The summed E-state index contributed by atoms with van der Waals surface area (Å²) in [6.07, 6.45) is 1.66. The predicted molar refractivity (Wildman–Crippen MR) is 136 cm³/mol. The molecule has 7 nitrogen and oxygen atoms in total. The summed E-state index contributed by atoms with van der Waals surface area (Å²) < 4.78 is 12.0. The lowest BCUT2D eigenvalue weighted by atomic mass is 9.73. The Morgan fingerprint density at radius 3 is 2.58 bits per heavy atom. The largest absolute Gasteiger partial charge is 0.457 e. The smallest absolute Gasteiger partial charge is 0.309 e. The second-order valence-electron chi connectivity index (χ2n) is 11.5. The van der Waals surface area contributed by atoms with Crippen LogP contribution in [0.1, 0.15) is 78.4 Å². The highest BCUT2D eigenvalue weighted by molar-refractivity contribution is 5.88. The van der Waals surface area contributed by atoms with Crippen LogP contribution in [0.3, 0.4) is 0 Å².